The maximum absolute atomic E-state index is 11.6. The fraction of sp³-hybridized carbons (Fsp3) is 0.588. The summed E-state index contributed by atoms with van der Waals surface area (Å²) in [6.07, 6.45) is 0.183. The summed E-state index contributed by atoms with van der Waals surface area (Å²) in [4.78, 5) is 15.8. The Morgan fingerprint density at radius 1 is 1.33 bits per heavy atom. The van der Waals surface area contributed by atoms with Crippen LogP contribution < -0.4 is 0 Å². The first-order chi connectivity index (χ1) is 9.83. The number of likely N-dealkylation sites (tertiary alicyclic amines) is 2. The van der Waals surface area contributed by atoms with Crippen LogP contribution in [0.5, 0.6) is 0 Å². The standard InChI is InChI=1S/C17H24N2O2/c1-16(2,3)17-9-14(11-19(17)15(20)21)18(12-17)10-13-7-5-4-6-8-13/h4-8,14H,9-12H2,1-3H3,(H,20,21)/t14-,17+/m1/s1. The van der Waals surface area contributed by atoms with E-state index in [4.69, 9.17) is 0 Å². The molecule has 21 heavy (non-hydrogen) atoms. The molecule has 0 aromatic heterocycles. The van der Waals surface area contributed by atoms with Gasteiger partial charge >= 0.3 is 6.09 Å². The molecule has 2 bridgehead atoms. The third kappa shape index (κ3) is 2.22. The van der Waals surface area contributed by atoms with Crippen molar-refractivity contribution < 1.29 is 9.90 Å². The zero-order valence-electron chi connectivity index (χ0n) is 13.0. The van der Waals surface area contributed by atoms with Gasteiger partial charge in [0.05, 0.1) is 5.54 Å². The quantitative estimate of drug-likeness (QED) is 0.909. The summed E-state index contributed by atoms with van der Waals surface area (Å²) in [5, 5.41) is 9.55. The molecule has 3 rings (SSSR count). The minimum Gasteiger partial charge on any atom is -0.465 e. The number of hydrogen-bond donors (Lipinski definition) is 1. The smallest absolute Gasteiger partial charge is 0.407 e. The lowest BCUT2D eigenvalue weighted by molar-refractivity contribution is 0.000906. The lowest BCUT2D eigenvalue weighted by atomic mass is 9.73. The molecule has 2 saturated heterocycles. The molecule has 0 aliphatic carbocycles. The highest BCUT2D eigenvalue weighted by molar-refractivity contribution is 5.67. The Kier molecular flexibility index (Phi) is 3.24. The molecule has 2 aliphatic heterocycles. The molecule has 114 valence electrons. The molecular weight excluding hydrogens is 264 g/mol. The highest BCUT2D eigenvalue weighted by Crippen LogP contribution is 2.50. The van der Waals surface area contributed by atoms with Crippen LogP contribution in [-0.2, 0) is 6.54 Å². The number of nitrogens with zero attached hydrogens (tertiary/aromatic N) is 2. The van der Waals surface area contributed by atoms with Crippen molar-refractivity contribution in [3.8, 4) is 0 Å². The Bertz CT molecular complexity index is 537. The second kappa shape index (κ2) is 4.73. The van der Waals surface area contributed by atoms with Crippen molar-refractivity contribution in [1.29, 1.82) is 0 Å². The predicted molar refractivity (Wildman–Crippen MR) is 82.2 cm³/mol. The molecular formula is C17H24N2O2. The van der Waals surface area contributed by atoms with Gasteiger partial charge in [0.25, 0.3) is 0 Å². The van der Waals surface area contributed by atoms with Crippen LogP contribution in [0.4, 0.5) is 4.79 Å². The first-order valence-corrected chi connectivity index (χ1v) is 7.62. The summed E-state index contributed by atoms with van der Waals surface area (Å²) >= 11 is 0. The maximum Gasteiger partial charge on any atom is 0.407 e. The van der Waals surface area contributed by atoms with Gasteiger partial charge in [0, 0.05) is 25.7 Å². The molecule has 2 fully saturated rings. The van der Waals surface area contributed by atoms with Crippen LogP contribution in [0.25, 0.3) is 0 Å². The van der Waals surface area contributed by atoms with Crippen LogP contribution in [0.15, 0.2) is 30.3 Å². The molecule has 4 heteroatoms. The monoisotopic (exact) mass is 288 g/mol. The number of fused-ring (bicyclic) bond motifs is 2. The fourth-order valence-electron chi connectivity index (χ4n) is 4.02. The van der Waals surface area contributed by atoms with Gasteiger partial charge in [-0.15, -0.1) is 0 Å². The molecule has 0 radical (unpaired) electrons. The molecule has 0 unspecified atom stereocenters. The largest absolute Gasteiger partial charge is 0.465 e. The van der Waals surface area contributed by atoms with Crippen LogP contribution in [0, 0.1) is 5.41 Å². The zero-order chi connectivity index (χ0) is 15.3. The van der Waals surface area contributed by atoms with Gasteiger partial charge in [-0.3, -0.25) is 9.80 Å². The van der Waals surface area contributed by atoms with Gasteiger partial charge in [-0.05, 0) is 17.4 Å². The third-order valence-corrected chi connectivity index (χ3v) is 5.32. The van der Waals surface area contributed by atoms with Gasteiger partial charge in [0.2, 0.25) is 0 Å². The number of rotatable bonds is 2. The van der Waals surface area contributed by atoms with Gasteiger partial charge in [0.1, 0.15) is 0 Å². The number of carbonyl (C=O) groups is 1. The molecule has 0 spiro atoms. The van der Waals surface area contributed by atoms with Crippen LogP contribution in [0.1, 0.15) is 32.8 Å². The minimum absolute atomic E-state index is 0.0500. The molecule has 1 amide bonds. The number of benzene rings is 1. The molecule has 4 nitrogen and oxygen atoms in total. The average molecular weight is 288 g/mol. The van der Waals surface area contributed by atoms with Crippen LogP contribution >= 0.6 is 0 Å². The Hall–Kier alpha value is -1.55. The van der Waals surface area contributed by atoms with E-state index in [9.17, 15) is 9.90 Å². The first-order valence-electron chi connectivity index (χ1n) is 7.62. The van der Waals surface area contributed by atoms with Gasteiger partial charge in [-0.25, -0.2) is 4.79 Å². The van der Waals surface area contributed by atoms with Crippen molar-refractivity contribution in [3.05, 3.63) is 35.9 Å². The summed E-state index contributed by atoms with van der Waals surface area (Å²) in [5.74, 6) is 0. The summed E-state index contributed by atoms with van der Waals surface area (Å²) < 4.78 is 0. The summed E-state index contributed by atoms with van der Waals surface area (Å²) in [5.41, 5.74) is 1.00. The lowest BCUT2D eigenvalue weighted by Gasteiger charge is -2.48. The van der Waals surface area contributed by atoms with Crippen molar-refractivity contribution in [2.75, 3.05) is 13.1 Å². The van der Waals surface area contributed by atoms with Gasteiger partial charge in [-0.1, -0.05) is 51.1 Å². The van der Waals surface area contributed by atoms with Crippen molar-refractivity contribution in [2.24, 2.45) is 5.41 Å². The van der Waals surface area contributed by atoms with E-state index in [1.807, 2.05) is 6.07 Å². The highest BCUT2D eigenvalue weighted by Gasteiger charge is 2.61. The third-order valence-electron chi connectivity index (χ3n) is 5.32. The lowest BCUT2D eigenvalue weighted by Crippen LogP contribution is -2.61. The predicted octanol–water partition coefficient (Wildman–Crippen LogP) is 3.04. The van der Waals surface area contributed by atoms with Crippen LogP contribution in [0.2, 0.25) is 0 Å². The Labute approximate surface area is 126 Å². The maximum atomic E-state index is 11.6. The first kappa shape index (κ1) is 14.4. The number of amides is 1. The molecule has 0 saturated carbocycles. The zero-order valence-corrected chi connectivity index (χ0v) is 13.0. The minimum atomic E-state index is -0.771. The van der Waals surface area contributed by atoms with Crippen molar-refractivity contribution in [2.45, 2.75) is 45.3 Å². The average Bonchev–Trinajstić information content (AvgIpc) is 2.96. The van der Waals surface area contributed by atoms with Gasteiger partial charge < -0.3 is 5.11 Å². The van der Waals surface area contributed by atoms with E-state index in [-0.39, 0.29) is 11.0 Å². The van der Waals surface area contributed by atoms with E-state index < -0.39 is 6.09 Å². The second-order valence-electron chi connectivity index (χ2n) is 7.42. The Balaban J connectivity index is 1.84. The van der Waals surface area contributed by atoms with E-state index >= 15 is 0 Å². The normalized spacial score (nSPS) is 29.1. The van der Waals surface area contributed by atoms with E-state index in [2.05, 4.69) is 49.9 Å². The number of piperazine rings is 1. The summed E-state index contributed by atoms with van der Waals surface area (Å²) in [6.45, 7) is 8.88. The molecule has 2 aliphatic rings. The number of carboxylic acid groups (broad SMARTS) is 1. The molecule has 1 aromatic carbocycles. The van der Waals surface area contributed by atoms with Crippen LogP contribution in [-0.4, -0.2) is 45.7 Å². The second-order valence-corrected chi connectivity index (χ2v) is 7.42. The fourth-order valence-corrected chi connectivity index (χ4v) is 4.02. The van der Waals surface area contributed by atoms with Crippen molar-refractivity contribution in [3.63, 3.8) is 0 Å². The highest BCUT2D eigenvalue weighted by atomic mass is 16.4. The van der Waals surface area contributed by atoms with E-state index in [0.717, 1.165) is 19.5 Å². The van der Waals surface area contributed by atoms with E-state index in [1.54, 1.807) is 4.90 Å². The van der Waals surface area contributed by atoms with Crippen molar-refractivity contribution in [1.82, 2.24) is 9.80 Å². The molecule has 2 heterocycles. The van der Waals surface area contributed by atoms with E-state index in [1.165, 1.54) is 5.56 Å². The molecule has 1 aromatic rings. The SMILES string of the molecule is CC(C)(C)[C@@]12C[C@H](CN1C(=O)O)N(Cc1ccccc1)C2. The van der Waals surface area contributed by atoms with E-state index in [0.29, 0.717) is 12.6 Å². The van der Waals surface area contributed by atoms with Crippen LogP contribution in [0.3, 0.4) is 0 Å². The Morgan fingerprint density at radius 2 is 2.00 bits per heavy atom. The summed E-state index contributed by atoms with van der Waals surface area (Å²) in [6, 6.07) is 10.8. The van der Waals surface area contributed by atoms with Gasteiger partial charge in [-0.2, -0.15) is 0 Å². The van der Waals surface area contributed by atoms with Crippen molar-refractivity contribution >= 4 is 6.09 Å². The number of hydrogen-bond acceptors (Lipinski definition) is 2. The van der Waals surface area contributed by atoms with Gasteiger partial charge in [0.15, 0.2) is 0 Å². The molecule has 1 N–H and O–H groups in total. The topological polar surface area (TPSA) is 43.8 Å². The molecule has 2 atom stereocenters. The Morgan fingerprint density at radius 3 is 2.57 bits per heavy atom. The summed E-state index contributed by atoms with van der Waals surface area (Å²) in [7, 11) is 0.